The molecule has 10 atom stereocenters. The molecule has 5 fully saturated rings. The Morgan fingerprint density at radius 2 is 1.58 bits per heavy atom. The van der Waals surface area contributed by atoms with Gasteiger partial charge in [-0.1, -0.05) is 20.8 Å². The molecule has 178 valence electrons. The van der Waals surface area contributed by atoms with Crippen LogP contribution < -0.4 is 0 Å². The summed E-state index contributed by atoms with van der Waals surface area (Å²) < 4.78 is 0. The minimum atomic E-state index is -0.421. The molecule has 2 nitrogen and oxygen atoms in total. The second-order valence-electron chi connectivity index (χ2n) is 14.2. The van der Waals surface area contributed by atoms with E-state index in [0.717, 1.165) is 54.8 Å². The van der Waals surface area contributed by atoms with Crippen LogP contribution in [0.2, 0.25) is 0 Å². The molecule has 0 aromatic rings. The maximum atomic E-state index is 10.9. The predicted octanol–water partition coefficient (Wildman–Crippen LogP) is 6.97. The first-order valence-electron chi connectivity index (χ1n) is 13.9. The number of fused-ring (bicyclic) bond motifs is 5. The Kier molecular flexibility index (Phi) is 5.46. The molecule has 5 rings (SSSR count). The zero-order valence-corrected chi connectivity index (χ0v) is 21.1. The van der Waals surface area contributed by atoms with Gasteiger partial charge in [-0.25, -0.2) is 0 Å². The summed E-state index contributed by atoms with van der Waals surface area (Å²) in [6.07, 6.45) is 16.5. The monoisotopic (exact) mass is 430 g/mol. The van der Waals surface area contributed by atoms with Crippen molar-refractivity contribution in [3.05, 3.63) is 0 Å². The topological polar surface area (TPSA) is 40.5 Å². The van der Waals surface area contributed by atoms with Crippen LogP contribution in [-0.4, -0.2) is 21.4 Å². The Hall–Kier alpha value is -0.0800. The largest absolute Gasteiger partial charge is 0.390 e. The molecule has 0 saturated heterocycles. The van der Waals surface area contributed by atoms with Gasteiger partial charge in [0.25, 0.3) is 0 Å². The Bertz CT molecular complexity index is 678. The molecule has 5 aliphatic carbocycles. The molecular weight excluding hydrogens is 380 g/mol. The molecule has 2 heteroatoms. The second kappa shape index (κ2) is 7.46. The first-order valence-corrected chi connectivity index (χ1v) is 13.9. The van der Waals surface area contributed by atoms with Gasteiger partial charge in [0.05, 0.1) is 11.2 Å². The molecule has 0 heterocycles. The fourth-order valence-electron chi connectivity index (χ4n) is 10.0. The molecular formula is C29H50O2. The molecule has 5 saturated carbocycles. The zero-order valence-electron chi connectivity index (χ0n) is 21.1. The van der Waals surface area contributed by atoms with E-state index in [1.54, 1.807) is 0 Å². The van der Waals surface area contributed by atoms with Gasteiger partial charge in [0.15, 0.2) is 0 Å². The summed E-state index contributed by atoms with van der Waals surface area (Å²) in [7, 11) is 0. The average Bonchev–Trinajstić information content (AvgIpc) is 3.49. The van der Waals surface area contributed by atoms with Crippen molar-refractivity contribution >= 4 is 0 Å². The molecule has 0 amide bonds. The van der Waals surface area contributed by atoms with Crippen LogP contribution >= 0.6 is 0 Å². The summed E-state index contributed by atoms with van der Waals surface area (Å²) >= 11 is 0. The van der Waals surface area contributed by atoms with E-state index in [-0.39, 0.29) is 0 Å². The maximum Gasteiger partial charge on any atom is 0.0647 e. The van der Waals surface area contributed by atoms with E-state index in [9.17, 15) is 10.2 Å². The van der Waals surface area contributed by atoms with E-state index in [1.165, 1.54) is 64.2 Å². The van der Waals surface area contributed by atoms with E-state index in [0.29, 0.717) is 16.7 Å². The quantitative estimate of drug-likeness (QED) is 0.494. The number of hydrogen-bond acceptors (Lipinski definition) is 2. The van der Waals surface area contributed by atoms with Crippen molar-refractivity contribution in [2.45, 2.75) is 129 Å². The number of aliphatic hydroxyl groups is 2. The molecule has 5 aliphatic rings. The van der Waals surface area contributed by atoms with Gasteiger partial charge >= 0.3 is 0 Å². The molecule has 2 N–H and O–H groups in total. The molecule has 0 spiro atoms. The van der Waals surface area contributed by atoms with Gasteiger partial charge in [0, 0.05) is 0 Å². The molecule has 0 bridgehead atoms. The van der Waals surface area contributed by atoms with Gasteiger partial charge in [-0.05, 0) is 150 Å². The highest BCUT2D eigenvalue weighted by molar-refractivity contribution is 5.10. The highest BCUT2D eigenvalue weighted by Gasteiger charge is 2.61. The van der Waals surface area contributed by atoms with E-state index in [1.807, 2.05) is 0 Å². The summed E-state index contributed by atoms with van der Waals surface area (Å²) in [5.74, 6) is 5.65. The Balaban J connectivity index is 1.28. The summed E-state index contributed by atoms with van der Waals surface area (Å²) in [4.78, 5) is 0. The third-order valence-corrected chi connectivity index (χ3v) is 12.3. The normalized spacial score (nSPS) is 52.5. The summed E-state index contributed by atoms with van der Waals surface area (Å²) in [6.45, 7) is 12.0. The van der Waals surface area contributed by atoms with E-state index < -0.39 is 11.2 Å². The van der Waals surface area contributed by atoms with Crippen LogP contribution in [-0.2, 0) is 0 Å². The first-order chi connectivity index (χ1) is 14.5. The second-order valence-corrected chi connectivity index (χ2v) is 14.2. The van der Waals surface area contributed by atoms with Crippen molar-refractivity contribution in [1.82, 2.24) is 0 Å². The molecule has 0 aliphatic heterocycles. The lowest BCUT2D eigenvalue weighted by atomic mass is 9.43. The van der Waals surface area contributed by atoms with Crippen LogP contribution in [0.3, 0.4) is 0 Å². The summed E-state index contributed by atoms with van der Waals surface area (Å²) in [5.41, 5.74) is 0.157. The minimum Gasteiger partial charge on any atom is -0.390 e. The summed E-state index contributed by atoms with van der Waals surface area (Å²) in [6, 6.07) is 0. The Labute approximate surface area is 192 Å². The fraction of sp³-hybridized carbons (Fsp3) is 1.00. The highest BCUT2D eigenvalue weighted by atomic mass is 16.3. The third-order valence-electron chi connectivity index (χ3n) is 12.3. The predicted molar refractivity (Wildman–Crippen MR) is 128 cm³/mol. The third kappa shape index (κ3) is 3.74. The summed E-state index contributed by atoms with van der Waals surface area (Å²) in [5, 5.41) is 21.6. The average molecular weight is 431 g/mol. The number of rotatable bonds is 5. The van der Waals surface area contributed by atoms with Crippen molar-refractivity contribution in [2.24, 2.45) is 52.3 Å². The lowest BCUT2D eigenvalue weighted by Gasteiger charge is -2.62. The van der Waals surface area contributed by atoms with Crippen LogP contribution in [0.1, 0.15) is 118 Å². The van der Waals surface area contributed by atoms with Gasteiger partial charge in [-0.15, -0.1) is 0 Å². The van der Waals surface area contributed by atoms with Gasteiger partial charge in [0.2, 0.25) is 0 Å². The van der Waals surface area contributed by atoms with E-state index in [2.05, 4.69) is 34.6 Å². The van der Waals surface area contributed by atoms with Crippen LogP contribution in [0.5, 0.6) is 0 Å². The van der Waals surface area contributed by atoms with E-state index in [4.69, 9.17) is 0 Å². The van der Waals surface area contributed by atoms with Crippen molar-refractivity contribution in [1.29, 1.82) is 0 Å². The zero-order chi connectivity index (χ0) is 22.2. The van der Waals surface area contributed by atoms with Gasteiger partial charge in [-0.3, -0.25) is 0 Å². The van der Waals surface area contributed by atoms with Crippen molar-refractivity contribution < 1.29 is 10.2 Å². The van der Waals surface area contributed by atoms with E-state index >= 15 is 0 Å². The molecule has 0 aromatic heterocycles. The lowest BCUT2D eigenvalue weighted by Crippen LogP contribution is -2.55. The van der Waals surface area contributed by atoms with Crippen molar-refractivity contribution in [2.75, 3.05) is 0 Å². The Morgan fingerprint density at radius 3 is 2.29 bits per heavy atom. The van der Waals surface area contributed by atoms with Crippen LogP contribution in [0, 0.1) is 52.3 Å². The molecule has 0 radical (unpaired) electrons. The SMILES string of the molecule is C[C@H](CC[C@](C)(O)C1CC1)C1CC[C@H]2[C@@H]3CC[C@H]4C[C@@](C)(O)CC[C@]4(C)[C@H]3CC[C@]12C. The van der Waals surface area contributed by atoms with Gasteiger partial charge in [-0.2, -0.15) is 0 Å². The Morgan fingerprint density at radius 1 is 0.871 bits per heavy atom. The maximum absolute atomic E-state index is 10.9. The minimum absolute atomic E-state index is 0.417. The molecule has 0 aromatic carbocycles. The standard InChI is InChI=1S/C29H50O2/c1-19(12-15-29(5,31)20-6-7-20)23-10-11-24-22-9-8-21-18-26(2,30)16-17-27(21,3)25(22)13-14-28(23,24)4/h19-25,30-31H,6-18H2,1-5H3/t19-,21+,22+,23?,24+,25+,26+,27+,28-,29+/m1/s1. The van der Waals surface area contributed by atoms with Gasteiger partial charge in [0.1, 0.15) is 0 Å². The van der Waals surface area contributed by atoms with Crippen LogP contribution in [0.4, 0.5) is 0 Å². The molecule has 31 heavy (non-hydrogen) atoms. The number of hydrogen-bond donors (Lipinski definition) is 2. The smallest absolute Gasteiger partial charge is 0.0647 e. The van der Waals surface area contributed by atoms with Crippen LogP contribution in [0.15, 0.2) is 0 Å². The first kappa shape index (κ1) is 22.7. The van der Waals surface area contributed by atoms with Crippen molar-refractivity contribution in [3.63, 3.8) is 0 Å². The molecule has 1 unspecified atom stereocenters. The lowest BCUT2D eigenvalue weighted by molar-refractivity contribution is -0.148. The van der Waals surface area contributed by atoms with Crippen molar-refractivity contribution in [3.8, 4) is 0 Å². The van der Waals surface area contributed by atoms with Crippen LogP contribution in [0.25, 0.3) is 0 Å². The van der Waals surface area contributed by atoms with Gasteiger partial charge < -0.3 is 10.2 Å². The highest BCUT2D eigenvalue weighted by Crippen LogP contribution is 2.69. The fourth-order valence-corrected chi connectivity index (χ4v) is 10.0.